The van der Waals surface area contributed by atoms with Crippen molar-refractivity contribution in [1.82, 2.24) is 9.78 Å². The third-order valence-corrected chi connectivity index (χ3v) is 2.59. The van der Waals surface area contributed by atoms with Crippen LogP contribution in [0.5, 0.6) is 0 Å². The number of rotatable bonds is 4. The van der Waals surface area contributed by atoms with Crippen molar-refractivity contribution in [3.8, 4) is 0 Å². The summed E-state index contributed by atoms with van der Waals surface area (Å²) in [6, 6.07) is 7.49. The van der Waals surface area contributed by atoms with Crippen LogP contribution in [0.15, 0.2) is 42.7 Å². The molecule has 1 heterocycles. The lowest BCUT2D eigenvalue weighted by Gasteiger charge is -2.12. The number of nitrogens with zero attached hydrogens (tertiary/aromatic N) is 2. The van der Waals surface area contributed by atoms with E-state index in [2.05, 4.69) is 10.4 Å². The lowest BCUT2D eigenvalue weighted by molar-refractivity contribution is -0.116. The molecule has 94 valence electrons. The van der Waals surface area contributed by atoms with Crippen LogP contribution < -0.4 is 5.32 Å². The average Bonchev–Trinajstić information content (AvgIpc) is 2.85. The van der Waals surface area contributed by atoms with E-state index in [1.165, 1.54) is 24.3 Å². The summed E-state index contributed by atoms with van der Waals surface area (Å²) in [5.74, 6) is -0.442. The van der Waals surface area contributed by atoms with E-state index in [1.54, 1.807) is 10.9 Å². The second kappa shape index (κ2) is 5.44. The number of nitrogens with one attached hydrogen (secondary N) is 1. The van der Waals surface area contributed by atoms with Gasteiger partial charge in [0.15, 0.2) is 0 Å². The molecule has 0 spiro atoms. The van der Waals surface area contributed by atoms with Gasteiger partial charge < -0.3 is 5.32 Å². The fraction of sp³-hybridized carbons (Fsp3) is 0.231. The number of hydrogen-bond donors (Lipinski definition) is 1. The molecule has 0 aliphatic heterocycles. The molecule has 0 radical (unpaired) electrons. The Labute approximate surface area is 104 Å². The van der Waals surface area contributed by atoms with E-state index in [-0.39, 0.29) is 17.8 Å². The normalized spacial score (nSPS) is 12.1. The minimum Gasteiger partial charge on any atom is -0.326 e. The highest BCUT2D eigenvalue weighted by Gasteiger charge is 2.10. The van der Waals surface area contributed by atoms with Gasteiger partial charge in [-0.05, 0) is 37.3 Å². The number of aromatic nitrogens is 2. The summed E-state index contributed by atoms with van der Waals surface area (Å²) >= 11 is 0. The van der Waals surface area contributed by atoms with Gasteiger partial charge in [-0.15, -0.1) is 0 Å². The SMILES string of the molecule is C[C@H](CC(=O)Nc1ccc(F)cc1)n1cccn1. The van der Waals surface area contributed by atoms with Gasteiger partial charge in [0.1, 0.15) is 5.82 Å². The highest BCUT2D eigenvalue weighted by molar-refractivity contribution is 5.90. The highest BCUT2D eigenvalue weighted by Crippen LogP contribution is 2.12. The molecule has 0 saturated heterocycles. The van der Waals surface area contributed by atoms with Crippen molar-refractivity contribution in [2.24, 2.45) is 0 Å². The van der Waals surface area contributed by atoms with E-state index < -0.39 is 0 Å². The van der Waals surface area contributed by atoms with E-state index in [4.69, 9.17) is 0 Å². The van der Waals surface area contributed by atoms with E-state index in [1.807, 2.05) is 19.2 Å². The van der Waals surface area contributed by atoms with Crippen LogP contribution >= 0.6 is 0 Å². The van der Waals surface area contributed by atoms with Gasteiger partial charge in [0.25, 0.3) is 0 Å². The molecule has 2 aromatic rings. The van der Waals surface area contributed by atoms with Crippen molar-refractivity contribution >= 4 is 11.6 Å². The second-order valence-corrected chi connectivity index (χ2v) is 4.09. The molecule has 0 bridgehead atoms. The number of carbonyl (C=O) groups excluding carboxylic acids is 1. The lowest BCUT2D eigenvalue weighted by atomic mass is 10.2. The van der Waals surface area contributed by atoms with Gasteiger partial charge in [-0.1, -0.05) is 0 Å². The predicted molar refractivity (Wildman–Crippen MR) is 66.6 cm³/mol. The van der Waals surface area contributed by atoms with Crippen molar-refractivity contribution in [1.29, 1.82) is 0 Å². The van der Waals surface area contributed by atoms with Crippen molar-refractivity contribution < 1.29 is 9.18 Å². The summed E-state index contributed by atoms with van der Waals surface area (Å²) in [6.07, 6.45) is 3.81. The third kappa shape index (κ3) is 3.16. The summed E-state index contributed by atoms with van der Waals surface area (Å²) in [4.78, 5) is 11.8. The van der Waals surface area contributed by atoms with Crippen molar-refractivity contribution in [3.05, 3.63) is 48.5 Å². The van der Waals surface area contributed by atoms with Gasteiger partial charge in [-0.25, -0.2) is 4.39 Å². The Hall–Kier alpha value is -2.17. The molecule has 1 amide bonds. The van der Waals surface area contributed by atoms with Gasteiger partial charge >= 0.3 is 0 Å². The molecule has 1 aromatic heterocycles. The first kappa shape index (κ1) is 12.3. The molecule has 1 N–H and O–H groups in total. The zero-order valence-corrected chi connectivity index (χ0v) is 10.0. The molecule has 0 aliphatic rings. The van der Waals surface area contributed by atoms with E-state index in [0.717, 1.165) is 0 Å². The number of halogens is 1. The molecule has 1 aromatic carbocycles. The molecule has 2 rings (SSSR count). The lowest BCUT2D eigenvalue weighted by Crippen LogP contribution is -2.17. The monoisotopic (exact) mass is 247 g/mol. The van der Waals surface area contributed by atoms with Crippen LogP contribution in [0.25, 0.3) is 0 Å². The van der Waals surface area contributed by atoms with Gasteiger partial charge in [0.2, 0.25) is 5.91 Å². The van der Waals surface area contributed by atoms with E-state index >= 15 is 0 Å². The Kier molecular flexibility index (Phi) is 3.72. The largest absolute Gasteiger partial charge is 0.326 e. The standard InChI is InChI=1S/C13H14FN3O/c1-10(17-8-2-7-15-17)9-13(18)16-12-5-3-11(14)4-6-12/h2-8,10H,9H2,1H3,(H,16,18)/t10-/m1/s1. The average molecular weight is 247 g/mol. The summed E-state index contributed by atoms with van der Waals surface area (Å²) in [5.41, 5.74) is 0.592. The molecule has 0 aliphatic carbocycles. The Morgan fingerprint density at radius 3 is 2.78 bits per heavy atom. The number of hydrogen-bond acceptors (Lipinski definition) is 2. The molecule has 4 nitrogen and oxygen atoms in total. The highest BCUT2D eigenvalue weighted by atomic mass is 19.1. The Bertz CT molecular complexity index is 508. The molecule has 5 heteroatoms. The van der Waals surface area contributed by atoms with Crippen molar-refractivity contribution in [2.45, 2.75) is 19.4 Å². The quantitative estimate of drug-likeness (QED) is 0.902. The molecule has 1 atom stereocenters. The first-order valence-electron chi connectivity index (χ1n) is 5.69. The van der Waals surface area contributed by atoms with Crippen LogP contribution in [-0.4, -0.2) is 15.7 Å². The smallest absolute Gasteiger partial charge is 0.226 e. The maximum Gasteiger partial charge on any atom is 0.226 e. The summed E-state index contributed by atoms with van der Waals surface area (Å²) < 4.78 is 14.4. The zero-order valence-electron chi connectivity index (χ0n) is 10.0. The predicted octanol–water partition coefficient (Wildman–Crippen LogP) is 2.61. The Morgan fingerprint density at radius 1 is 1.44 bits per heavy atom. The summed E-state index contributed by atoms with van der Waals surface area (Å²) in [6.45, 7) is 1.91. The first-order valence-corrected chi connectivity index (χ1v) is 5.69. The molecule has 0 saturated carbocycles. The van der Waals surface area contributed by atoms with Gasteiger partial charge in [0.05, 0.1) is 6.04 Å². The number of amides is 1. The fourth-order valence-electron chi connectivity index (χ4n) is 1.65. The van der Waals surface area contributed by atoms with Crippen LogP contribution in [-0.2, 0) is 4.79 Å². The van der Waals surface area contributed by atoms with Gasteiger partial charge in [-0.3, -0.25) is 9.48 Å². The third-order valence-electron chi connectivity index (χ3n) is 2.59. The van der Waals surface area contributed by atoms with E-state index in [9.17, 15) is 9.18 Å². The first-order chi connectivity index (χ1) is 8.65. The van der Waals surface area contributed by atoms with Gasteiger partial charge in [0, 0.05) is 24.5 Å². The Balaban J connectivity index is 1.91. The second-order valence-electron chi connectivity index (χ2n) is 4.09. The zero-order chi connectivity index (χ0) is 13.0. The molecular weight excluding hydrogens is 233 g/mol. The van der Waals surface area contributed by atoms with E-state index in [0.29, 0.717) is 12.1 Å². The molecule has 0 fully saturated rings. The van der Waals surface area contributed by atoms with Crippen LogP contribution in [0.1, 0.15) is 19.4 Å². The van der Waals surface area contributed by atoms with Gasteiger partial charge in [-0.2, -0.15) is 5.10 Å². The number of benzene rings is 1. The molecule has 18 heavy (non-hydrogen) atoms. The summed E-state index contributed by atoms with van der Waals surface area (Å²) in [5, 5.41) is 6.79. The minimum absolute atomic E-state index is 0.0135. The summed E-state index contributed by atoms with van der Waals surface area (Å²) in [7, 11) is 0. The van der Waals surface area contributed by atoms with Crippen LogP contribution in [0, 0.1) is 5.82 Å². The molecule has 0 unspecified atom stereocenters. The van der Waals surface area contributed by atoms with Crippen LogP contribution in [0.2, 0.25) is 0 Å². The minimum atomic E-state index is -0.321. The number of carbonyl (C=O) groups is 1. The number of anilines is 1. The van der Waals surface area contributed by atoms with Crippen LogP contribution in [0.3, 0.4) is 0 Å². The maximum absolute atomic E-state index is 12.7. The maximum atomic E-state index is 12.7. The Morgan fingerprint density at radius 2 is 2.17 bits per heavy atom. The van der Waals surface area contributed by atoms with Crippen molar-refractivity contribution in [3.63, 3.8) is 0 Å². The molecular formula is C13H14FN3O. The fourth-order valence-corrected chi connectivity index (χ4v) is 1.65. The topological polar surface area (TPSA) is 46.9 Å². The van der Waals surface area contributed by atoms with Crippen LogP contribution in [0.4, 0.5) is 10.1 Å². The van der Waals surface area contributed by atoms with Crippen molar-refractivity contribution in [2.75, 3.05) is 5.32 Å².